The normalized spacial score (nSPS) is 12.9. The Balaban J connectivity index is 2.61. The van der Waals surface area contributed by atoms with Gasteiger partial charge in [0.2, 0.25) is 0 Å². The second-order valence-electron chi connectivity index (χ2n) is 2.46. The van der Waals surface area contributed by atoms with Gasteiger partial charge in [0.25, 0.3) is 0 Å². The molecule has 1 heterocycles. The second kappa shape index (κ2) is 4.03. The summed E-state index contributed by atoms with van der Waals surface area (Å²) >= 11 is 0. The van der Waals surface area contributed by atoms with Crippen molar-refractivity contribution in [2.24, 2.45) is 0 Å². The third-order valence-corrected chi connectivity index (χ3v) is 1.62. The molecular weight excluding hydrogens is 138 g/mol. The standard InChI is InChI=1S/C8H13N3/c1-3-9-7(2)8-4-5-10-11-6-8/h4-7,9H,3H2,1-2H3. The summed E-state index contributed by atoms with van der Waals surface area (Å²) in [6.07, 6.45) is 3.50. The van der Waals surface area contributed by atoms with Crippen LogP contribution < -0.4 is 5.32 Å². The smallest absolute Gasteiger partial charge is 0.0543 e. The van der Waals surface area contributed by atoms with Crippen molar-refractivity contribution in [1.29, 1.82) is 0 Å². The van der Waals surface area contributed by atoms with Crippen LogP contribution in [-0.4, -0.2) is 16.7 Å². The van der Waals surface area contributed by atoms with Crippen LogP contribution in [-0.2, 0) is 0 Å². The van der Waals surface area contributed by atoms with Crippen molar-refractivity contribution in [3.05, 3.63) is 24.0 Å². The summed E-state index contributed by atoms with van der Waals surface area (Å²) in [6.45, 7) is 5.18. The molecule has 11 heavy (non-hydrogen) atoms. The van der Waals surface area contributed by atoms with Gasteiger partial charge >= 0.3 is 0 Å². The summed E-state index contributed by atoms with van der Waals surface area (Å²) in [5.74, 6) is 0. The summed E-state index contributed by atoms with van der Waals surface area (Å²) in [5, 5.41) is 10.8. The molecule has 60 valence electrons. The Hall–Kier alpha value is -0.960. The van der Waals surface area contributed by atoms with E-state index in [1.807, 2.05) is 6.07 Å². The first-order chi connectivity index (χ1) is 5.34. The Bertz CT molecular complexity index is 198. The summed E-state index contributed by atoms with van der Waals surface area (Å²) in [4.78, 5) is 0. The summed E-state index contributed by atoms with van der Waals surface area (Å²) in [7, 11) is 0. The monoisotopic (exact) mass is 151 g/mol. The maximum absolute atomic E-state index is 3.80. The zero-order chi connectivity index (χ0) is 8.10. The van der Waals surface area contributed by atoms with E-state index in [1.54, 1.807) is 12.4 Å². The summed E-state index contributed by atoms with van der Waals surface area (Å²) in [5.41, 5.74) is 1.18. The largest absolute Gasteiger partial charge is 0.310 e. The van der Waals surface area contributed by atoms with Crippen molar-refractivity contribution in [2.45, 2.75) is 19.9 Å². The van der Waals surface area contributed by atoms with Crippen molar-refractivity contribution in [2.75, 3.05) is 6.54 Å². The van der Waals surface area contributed by atoms with E-state index in [4.69, 9.17) is 0 Å². The number of hydrogen-bond acceptors (Lipinski definition) is 3. The molecule has 1 aromatic rings. The maximum Gasteiger partial charge on any atom is 0.0543 e. The van der Waals surface area contributed by atoms with E-state index in [1.165, 1.54) is 5.56 Å². The lowest BCUT2D eigenvalue weighted by atomic mass is 10.2. The molecule has 0 saturated heterocycles. The molecule has 0 spiro atoms. The highest BCUT2D eigenvalue weighted by molar-refractivity contribution is 5.09. The first kappa shape index (κ1) is 8.14. The fourth-order valence-corrected chi connectivity index (χ4v) is 0.981. The fourth-order valence-electron chi connectivity index (χ4n) is 0.981. The van der Waals surface area contributed by atoms with Crippen molar-refractivity contribution < 1.29 is 0 Å². The average molecular weight is 151 g/mol. The number of hydrogen-bond donors (Lipinski definition) is 1. The molecule has 0 fully saturated rings. The fraction of sp³-hybridized carbons (Fsp3) is 0.500. The highest BCUT2D eigenvalue weighted by Gasteiger charge is 2.01. The number of nitrogens with zero attached hydrogens (tertiary/aromatic N) is 2. The van der Waals surface area contributed by atoms with Crippen LogP contribution in [0.2, 0.25) is 0 Å². The van der Waals surface area contributed by atoms with Gasteiger partial charge in [0.15, 0.2) is 0 Å². The van der Waals surface area contributed by atoms with E-state index in [2.05, 4.69) is 29.4 Å². The SMILES string of the molecule is CCNC(C)c1ccnnc1. The van der Waals surface area contributed by atoms with Crippen LogP contribution in [0.5, 0.6) is 0 Å². The van der Waals surface area contributed by atoms with Crippen LogP contribution in [0.1, 0.15) is 25.5 Å². The molecule has 0 aromatic carbocycles. The minimum Gasteiger partial charge on any atom is -0.310 e. The summed E-state index contributed by atoms with van der Waals surface area (Å²) in [6, 6.07) is 2.34. The Morgan fingerprint density at radius 2 is 2.36 bits per heavy atom. The van der Waals surface area contributed by atoms with E-state index >= 15 is 0 Å². The van der Waals surface area contributed by atoms with Crippen LogP contribution in [0.25, 0.3) is 0 Å². The van der Waals surface area contributed by atoms with Crippen molar-refractivity contribution >= 4 is 0 Å². The van der Waals surface area contributed by atoms with E-state index in [-0.39, 0.29) is 0 Å². The second-order valence-corrected chi connectivity index (χ2v) is 2.46. The van der Waals surface area contributed by atoms with Gasteiger partial charge in [-0.1, -0.05) is 6.92 Å². The molecule has 0 saturated carbocycles. The van der Waals surface area contributed by atoms with E-state index in [9.17, 15) is 0 Å². The Morgan fingerprint density at radius 3 is 2.91 bits per heavy atom. The minimum absolute atomic E-state index is 0.371. The van der Waals surface area contributed by atoms with Crippen molar-refractivity contribution in [3.8, 4) is 0 Å². The average Bonchev–Trinajstić information content (AvgIpc) is 2.07. The third kappa shape index (κ3) is 2.27. The van der Waals surface area contributed by atoms with Gasteiger partial charge < -0.3 is 5.32 Å². The Labute approximate surface area is 66.8 Å². The van der Waals surface area contributed by atoms with Crippen LogP contribution >= 0.6 is 0 Å². The van der Waals surface area contributed by atoms with Gasteiger partial charge in [0.05, 0.1) is 6.20 Å². The zero-order valence-corrected chi connectivity index (χ0v) is 6.91. The van der Waals surface area contributed by atoms with Gasteiger partial charge in [0, 0.05) is 12.2 Å². The minimum atomic E-state index is 0.371. The first-order valence-electron chi connectivity index (χ1n) is 3.84. The van der Waals surface area contributed by atoms with E-state index in [0.29, 0.717) is 6.04 Å². The Kier molecular flexibility index (Phi) is 2.98. The zero-order valence-electron chi connectivity index (χ0n) is 6.91. The molecule has 0 bridgehead atoms. The predicted molar refractivity (Wildman–Crippen MR) is 44.1 cm³/mol. The van der Waals surface area contributed by atoms with Crippen LogP contribution in [0.15, 0.2) is 18.5 Å². The number of aromatic nitrogens is 2. The topological polar surface area (TPSA) is 37.8 Å². The molecule has 0 aliphatic carbocycles. The van der Waals surface area contributed by atoms with Gasteiger partial charge in [-0.25, -0.2) is 0 Å². The van der Waals surface area contributed by atoms with Crippen LogP contribution in [0, 0.1) is 0 Å². The van der Waals surface area contributed by atoms with Crippen LogP contribution in [0.4, 0.5) is 0 Å². The Morgan fingerprint density at radius 1 is 1.55 bits per heavy atom. The van der Waals surface area contributed by atoms with E-state index < -0.39 is 0 Å². The molecule has 0 aliphatic rings. The molecule has 0 aliphatic heterocycles. The molecule has 0 radical (unpaired) electrons. The van der Waals surface area contributed by atoms with Gasteiger partial charge in [-0.15, -0.1) is 0 Å². The molecule has 1 rings (SSSR count). The van der Waals surface area contributed by atoms with Gasteiger partial charge in [0.1, 0.15) is 0 Å². The van der Waals surface area contributed by atoms with Crippen LogP contribution in [0.3, 0.4) is 0 Å². The predicted octanol–water partition coefficient (Wildman–Crippen LogP) is 1.15. The van der Waals surface area contributed by atoms with Gasteiger partial charge in [-0.05, 0) is 25.1 Å². The number of rotatable bonds is 3. The maximum atomic E-state index is 3.80. The first-order valence-corrected chi connectivity index (χ1v) is 3.84. The highest BCUT2D eigenvalue weighted by atomic mass is 15.1. The molecule has 0 amide bonds. The molecule has 1 N–H and O–H groups in total. The third-order valence-electron chi connectivity index (χ3n) is 1.62. The van der Waals surface area contributed by atoms with Gasteiger partial charge in [-0.2, -0.15) is 10.2 Å². The lowest BCUT2D eigenvalue weighted by Gasteiger charge is -2.10. The van der Waals surface area contributed by atoms with Crippen molar-refractivity contribution in [3.63, 3.8) is 0 Å². The highest BCUT2D eigenvalue weighted by Crippen LogP contribution is 2.07. The van der Waals surface area contributed by atoms with Crippen molar-refractivity contribution in [1.82, 2.24) is 15.5 Å². The molecule has 1 aromatic heterocycles. The molecule has 1 atom stereocenters. The summed E-state index contributed by atoms with van der Waals surface area (Å²) < 4.78 is 0. The molecular formula is C8H13N3. The molecule has 3 heteroatoms. The lowest BCUT2D eigenvalue weighted by molar-refractivity contribution is 0.594. The molecule has 3 nitrogen and oxygen atoms in total. The molecule has 1 unspecified atom stereocenters. The number of nitrogens with one attached hydrogen (secondary N) is 1. The van der Waals surface area contributed by atoms with Gasteiger partial charge in [-0.3, -0.25) is 0 Å². The van der Waals surface area contributed by atoms with E-state index in [0.717, 1.165) is 6.54 Å². The quantitative estimate of drug-likeness (QED) is 0.704. The lowest BCUT2D eigenvalue weighted by Crippen LogP contribution is -2.17.